The normalized spacial score (nSPS) is 11.2. The molecule has 0 saturated carbocycles. The molecule has 0 unspecified atom stereocenters. The van der Waals surface area contributed by atoms with Crippen molar-refractivity contribution in [3.05, 3.63) is 76.9 Å². The zero-order chi connectivity index (χ0) is 20.4. The van der Waals surface area contributed by atoms with E-state index in [0.29, 0.717) is 0 Å². The lowest BCUT2D eigenvalue weighted by Gasteiger charge is -2.12. The third-order valence-electron chi connectivity index (χ3n) is 5.36. The summed E-state index contributed by atoms with van der Waals surface area (Å²) >= 11 is 1.72. The number of benzene rings is 3. The van der Waals surface area contributed by atoms with Gasteiger partial charge in [0.2, 0.25) is 0 Å². The second kappa shape index (κ2) is 8.38. The lowest BCUT2D eigenvalue weighted by Crippen LogP contribution is -1.93. The summed E-state index contributed by atoms with van der Waals surface area (Å²) in [6, 6.07) is 19.7. The van der Waals surface area contributed by atoms with E-state index < -0.39 is 0 Å². The van der Waals surface area contributed by atoms with Crippen LogP contribution in [0.15, 0.2) is 54.6 Å². The van der Waals surface area contributed by atoms with E-state index in [0.717, 1.165) is 22.8 Å². The van der Waals surface area contributed by atoms with Crippen molar-refractivity contribution in [2.75, 3.05) is 5.32 Å². The third kappa shape index (κ3) is 4.20. The Hall–Kier alpha value is -2.65. The molecule has 29 heavy (non-hydrogen) atoms. The molecule has 1 aromatic heterocycles. The van der Waals surface area contributed by atoms with Gasteiger partial charge in [-0.05, 0) is 74.1 Å². The van der Waals surface area contributed by atoms with Crippen molar-refractivity contribution in [3.8, 4) is 11.1 Å². The van der Waals surface area contributed by atoms with Gasteiger partial charge in [0, 0.05) is 11.3 Å². The first-order valence-electron chi connectivity index (χ1n) is 10.4. The van der Waals surface area contributed by atoms with Gasteiger partial charge in [0.05, 0.1) is 10.2 Å². The summed E-state index contributed by atoms with van der Waals surface area (Å²) in [4.78, 5) is 4.99. The van der Waals surface area contributed by atoms with Crippen LogP contribution in [0.1, 0.15) is 42.0 Å². The van der Waals surface area contributed by atoms with Gasteiger partial charge in [0.1, 0.15) is 0 Å². The smallest absolute Gasteiger partial charge is 0.188 e. The van der Waals surface area contributed by atoms with Crippen molar-refractivity contribution in [2.45, 2.75) is 47.0 Å². The molecule has 3 heteroatoms. The van der Waals surface area contributed by atoms with Crippen molar-refractivity contribution in [1.82, 2.24) is 4.98 Å². The predicted molar refractivity (Wildman–Crippen MR) is 128 cm³/mol. The molecule has 0 spiro atoms. The molecule has 4 aromatic rings. The average molecular weight is 401 g/mol. The number of anilines is 2. The van der Waals surface area contributed by atoms with Crippen LogP contribution in [0.3, 0.4) is 0 Å². The molecule has 0 saturated heterocycles. The van der Waals surface area contributed by atoms with Crippen molar-refractivity contribution in [3.63, 3.8) is 0 Å². The summed E-state index contributed by atoms with van der Waals surface area (Å²) in [5, 5.41) is 4.48. The maximum atomic E-state index is 4.99. The van der Waals surface area contributed by atoms with Gasteiger partial charge < -0.3 is 5.32 Å². The fourth-order valence-electron chi connectivity index (χ4n) is 4.12. The minimum atomic E-state index is 0.947. The Kier molecular flexibility index (Phi) is 5.68. The first kappa shape index (κ1) is 19.7. The lowest BCUT2D eigenvalue weighted by atomic mass is 9.93. The van der Waals surface area contributed by atoms with Gasteiger partial charge >= 0.3 is 0 Å². The highest BCUT2D eigenvalue weighted by molar-refractivity contribution is 7.22. The fraction of sp³-hybridized carbons (Fsp3) is 0.269. The van der Waals surface area contributed by atoms with Crippen LogP contribution in [0.2, 0.25) is 0 Å². The first-order valence-corrected chi connectivity index (χ1v) is 11.2. The zero-order valence-corrected chi connectivity index (χ0v) is 18.5. The number of nitrogens with one attached hydrogen (secondary N) is 1. The summed E-state index contributed by atoms with van der Waals surface area (Å²) in [6.07, 6.45) is 3.57. The van der Waals surface area contributed by atoms with E-state index in [2.05, 4.69) is 87.6 Å². The van der Waals surface area contributed by atoms with E-state index in [1.54, 1.807) is 11.3 Å². The van der Waals surface area contributed by atoms with Gasteiger partial charge in [-0.2, -0.15) is 0 Å². The topological polar surface area (TPSA) is 24.9 Å². The molecule has 0 aliphatic rings. The van der Waals surface area contributed by atoms with Gasteiger partial charge in [-0.1, -0.05) is 66.6 Å². The largest absolute Gasteiger partial charge is 0.332 e. The number of nitrogens with zero attached hydrogens (tertiary/aromatic N) is 1. The van der Waals surface area contributed by atoms with Crippen molar-refractivity contribution in [2.24, 2.45) is 0 Å². The van der Waals surface area contributed by atoms with Crippen LogP contribution in [0.4, 0.5) is 10.8 Å². The standard InChI is InChI=1S/C26H28N2S/c1-5-6-9-20-10-7-11-21(16-20)27-26-28-25-22(12-8-13-23(25)29-26)24-18(3)14-17(2)15-19(24)4/h7-8,10-16H,5-6,9H2,1-4H3,(H,27,28). The Bertz CT molecular complexity index is 1130. The van der Waals surface area contributed by atoms with Gasteiger partial charge in [-0.25, -0.2) is 4.98 Å². The minimum Gasteiger partial charge on any atom is -0.332 e. The average Bonchev–Trinajstić information content (AvgIpc) is 3.09. The molecule has 0 atom stereocenters. The summed E-state index contributed by atoms with van der Waals surface area (Å²) in [7, 11) is 0. The molecule has 0 aliphatic carbocycles. The van der Waals surface area contributed by atoms with Crippen molar-refractivity contribution >= 4 is 32.4 Å². The van der Waals surface area contributed by atoms with Crippen LogP contribution in [-0.2, 0) is 6.42 Å². The summed E-state index contributed by atoms with van der Waals surface area (Å²) < 4.78 is 1.21. The quantitative estimate of drug-likeness (QED) is 0.355. The molecule has 1 N–H and O–H groups in total. The van der Waals surface area contributed by atoms with Gasteiger partial charge in [-0.3, -0.25) is 0 Å². The SMILES string of the molecule is CCCCc1cccc(Nc2nc3c(-c4c(C)cc(C)cc4C)cccc3s2)c1. The Labute approximate surface area is 177 Å². The minimum absolute atomic E-state index is 0.947. The predicted octanol–water partition coefficient (Wildman–Crippen LogP) is 7.97. The van der Waals surface area contributed by atoms with Crippen LogP contribution in [0.25, 0.3) is 21.3 Å². The molecule has 0 bridgehead atoms. The Balaban J connectivity index is 1.71. The number of para-hydroxylation sites is 1. The Morgan fingerprint density at radius 3 is 2.45 bits per heavy atom. The van der Waals surface area contributed by atoms with E-state index in [-0.39, 0.29) is 0 Å². The number of fused-ring (bicyclic) bond motifs is 1. The molecular weight excluding hydrogens is 372 g/mol. The lowest BCUT2D eigenvalue weighted by molar-refractivity contribution is 0.795. The second-order valence-corrected chi connectivity index (χ2v) is 8.90. The molecule has 0 amide bonds. The zero-order valence-electron chi connectivity index (χ0n) is 17.7. The van der Waals surface area contributed by atoms with Gasteiger partial charge in [-0.15, -0.1) is 0 Å². The van der Waals surface area contributed by atoms with Crippen LogP contribution < -0.4 is 5.32 Å². The number of aryl methyl sites for hydroxylation is 4. The summed E-state index contributed by atoms with van der Waals surface area (Å²) in [5.41, 5.74) is 10.0. The fourth-order valence-corrected chi connectivity index (χ4v) is 5.03. The molecule has 3 aromatic carbocycles. The van der Waals surface area contributed by atoms with E-state index in [9.17, 15) is 0 Å². The van der Waals surface area contributed by atoms with Gasteiger partial charge in [0.15, 0.2) is 5.13 Å². The number of hydrogen-bond acceptors (Lipinski definition) is 3. The first-order chi connectivity index (χ1) is 14.0. The number of unbranched alkanes of at least 4 members (excludes halogenated alkanes) is 1. The molecule has 0 fully saturated rings. The summed E-state index contributed by atoms with van der Waals surface area (Å²) in [5.74, 6) is 0. The Morgan fingerprint density at radius 1 is 0.931 bits per heavy atom. The van der Waals surface area contributed by atoms with Crippen LogP contribution in [0, 0.1) is 20.8 Å². The molecule has 4 rings (SSSR count). The van der Waals surface area contributed by atoms with Crippen LogP contribution in [-0.4, -0.2) is 4.98 Å². The highest BCUT2D eigenvalue weighted by atomic mass is 32.1. The number of aromatic nitrogens is 1. The maximum absolute atomic E-state index is 4.99. The monoisotopic (exact) mass is 400 g/mol. The van der Waals surface area contributed by atoms with Crippen LogP contribution in [0.5, 0.6) is 0 Å². The van der Waals surface area contributed by atoms with Crippen molar-refractivity contribution < 1.29 is 0 Å². The molecule has 148 valence electrons. The highest BCUT2D eigenvalue weighted by Crippen LogP contribution is 2.37. The number of thiazole rings is 1. The maximum Gasteiger partial charge on any atom is 0.188 e. The summed E-state index contributed by atoms with van der Waals surface area (Å²) in [6.45, 7) is 8.78. The number of hydrogen-bond donors (Lipinski definition) is 1. The van der Waals surface area contributed by atoms with E-state index in [4.69, 9.17) is 4.98 Å². The number of rotatable bonds is 6. The molecule has 0 aliphatic heterocycles. The van der Waals surface area contributed by atoms with E-state index in [1.807, 2.05) is 0 Å². The Morgan fingerprint density at radius 2 is 1.69 bits per heavy atom. The second-order valence-electron chi connectivity index (χ2n) is 7.87. The highest BCUT2D eigenvalue weighted by Gasteiger charge is 2.14. The van der Waals surface area contributed by atoms with E-state index >= 15 is 0 Å². The molecule has 1 heterocycles. The third-order valence-corrected chi connectivity index (χ3v) is 6.30. The molecular formula is C26H28N2S. The van der Waals surface area contributed by atoms with E-state index in [1.165, 1.54) is 50.9 Å². The van der Waals surface area contributed by atoms with Crippen LogP contribution >= 0.6 is 11.3 Å². The molecule has 2 nitrogen and oxygen atoms in total. The van der Waals surface area contributed by atoms with Crippen molar-refractivity contribution in [1.29, 1.82) is 0 Å². The molecule has 0 radical (unpaired) electrons. The van der Waals surface area contributed by atoms with Gasteiger partial charge in [0.25, 0.3) is 0 Å².